The molecule has 1 saturated heterocycles. The van der Waals surface area contributed by atoms with Crippen LogP contribution in [0.15, 0.2) is 29.6 Å². The third kappa shape index (κ3) is 1.63. The number of hydrogen-bond donors (Lipinski definition) is 1. The fraction of sp³-hybridized carbons (Fsp3) is 0.200. The minimum atomic E-state index is -3.54. The molecule has 84 valence electrons. The van der Waals surface area contributed by atoms with E-state index >= 15 is 0 Å². The summed E-state index contributed by atoms with van der Waals surface area (Å²) in [4.78, 5) is 0. The molecule has 0 radical (unpaired) electrons. The molecule has 1 aromatic carbocycles. The smallest absolute Gasteiger partial charge is 0.256 e. The van der Waals surface area contributed by atoms with Crippen molar-refractivity contribution in [3.8, 4) is 0 Å². The van der Waals surface area contributed by atoms with E-state index < -0.39 is 10.3 Å². The molecule has 1 aromatic heterocycles. The van der Waals surface area contributed by atoms with Crippen LogP contribution in [0.25, 0.3) is 10.1 Å². The highest BCUT2D eigenvalue weighted by atomic mass is 32.2. The lowest BCUT2D eigenvalue weighted by Gasteiger charge is -2.04. The van der Waals surface area contributed by atoms with Gasteiger partial charge in [-0.1, -0.05) is 18.2 Å². The van der Waals surface area contributed by atoms with Crippen LogP contribution in [0, 0.1) is 0 Å². The average Bonchev–Trinajstić information content (AvgIpc) is 2.81. The molecule has 2 heterocycles. The topological polar surface area (TPSA) is 55.4 Å². The van der Waals surface area contributed by atoms with Crippen molar-refractivity contribution in [1.82, 2.24) is 4.72 Å². The van der Waals surface area contributed by atoms with Gasteiger partial charge in [-0.05, 0) is 22.4 Å². The van der Waals surface area contributed by atoms with E-state index in [1.54, 1.807) is 11.3 Å². The lowest BCUT2D eigenvalue weighted by atomic mass is 10.1. The second kappa shape index (κ2) is 3.53. The van der Waals surface area contributed by atoms with Gasteiger partial charge < -0.3 is 0 Å². The van der Waals surface area contributed by atoms with Crippen molar-refractivity contribution in [1.29, 1.82) is 0 Å². The zero-order valence-corrected chi connectivity index (χ0v) is 9.85. The van der Waals surface area contributed by atoms with Crippen molar-refractivity contribution < 1.29 is 12.6 Å². The largest absolute Gasteiger partial charge is 0.336 e. The van der Waals surface area contributed by atoms with Gasteiger partial charge in [-0.2, -0.15) is 13.1 Å². The van der Waals surface area contributed by atoms with Crippen LogP contribution in [0.2, 0.25) is 0 Å². The van der Waals surface area contributed by atoms with Gasteiger partial charge in [0.2, 0.25) is 0 Å². The summed E-state index contributed by atoms with van der Waals surface area (Å²) in [6, 6.07) is 7.67. The molecule has 0 aliphatic carbocycles. The zero-order valence-electron chi connectivity index (χ0n) is 8.21. The summed E-state index contributed by atoms with van der Waals surface area (Å²) >= 11 is 1.61. The van der Waals surface area contributed by atoms with Crippen molar-refractivity contribution in [2.75, 3.05) is 6.61 Å². The molecule has 3 rings (SSSR count). The van der Waals surface area contributed by atoms with Crippen LogP contribution in [0.3, 0.4) is 0 Å². The molecule has 4 nitrogen and oxygen atoms in total. The highest BCUT2D eigenvalue weighted by molar-refractivity contribution is 7.84. The summed E-state index contributed by atoms with van der Waals surface area (Å²) in [5.74, 6) is 0. The van der Waals surface area contributed by atoms with E-state index in [2.05, 4.69) is 4.72 Å². The van der Waals surface area contributed by atoms with Gasteiger partial charge in [0, 0.05) is 4.70 Å². The predicted octanol–water partition coefficient (Wildman–Crippen LogP) is 1.81. The van der Waals surface area contributed by atoms with Gasteiger partial charge in [0.15, 0.2) is 0 Å². The summed E-state index contributed by atoms with van der Waals surface area (Å²) in [5.41, 5.74) is 0.988. The van der Waals surface area contributed by atoms with Crippen LogP contribution in [-0.4, -0.2) is 15.0 Å². The van der Waals surface area contributed by atoms with Gasteiger partial charge in [-0.3, -0.25) is 4.18 Å². The Bertz CT molecular complexity index is 632. The van der Waals surface area contributed by atoms with Crippen LogP contribution in [0.1, 0.15) is 11.6 Å². The van der Waals surface area contributed by atoms with Crippen LogP contribution in [-0.2, 0) is 14.5 Å². The fourth-order valence-electron chi connectivity index (χ4n) is 1.82. The van der Waals surface area contributed by atoms with Crippen molar-refractivity contribution >= 4 is 31.7 Å². The fourth-order valence-corrected chi connectivity index (χ4v) is 3.76. The molecule has 6 heteroatoms. The molecule has 1 fully saturated rings. The molecule has 2 aromatic rings. The number of benzene rings is 1. The maximum atomic E-state index is 11.1. The van der Waals surface area contributed by atoms with Crippen LogP contribution in [0.5, 0.6) is 0 Å². The highest BCUT2D eigenvalue weighted by Crippen LogP contribution is 2.32. The molecule has 1 N–H and O–H groups in total. The maximum absolute atomic E-state index is 11.1. The van der Waals surface area contributed by atoms with Gasteiger partial charge in [-0.15, -0.1) is 11.3 Å². The average molecular weight is 255 g/mol. The number of hydrogen-bond acceptors (Lipinski definition) is 4. The molecule has 16 heavy (non-hydrogen) atoms. The first-order valence-electron chi connectivity index (χ1n) is 4.78. The minimum absolute atomic E-state index is 0.170. The molecule has 1 aliphatic heterocycles. The van der Waals surface area contributed by atoms with Crippen molar-refractivity contribution in [2.24, 2.45) is 0 Å². The zero-order chi connectivity index (χ0) is 11.2. The number of rotatable bonds is 1. The predicted molar refractivity (Wildman–Crippen MR) is 62.6 cm³/mol. The van der Waals surface area contributed by atoms with Crippen LogP contribution < -0.4 is 4.72 Å². The lowest BCUT2D eigenvalue weighted by Crippen LogP contribution is -2.19. The lowest BCUT2D eigenvalue weighted by molar-refractivity contribution is 0.339. The minimum Gasteiger partial charge on any atom is -0.256 e. The van der Waals surface area contributed by atoms with Gasteiger partial charge in [0.25, 0.3) is 0 Å². The Labute approximate surface area is 97.1 Å². The van der Waals surface area contributed by atoms with Crippen molar-refractivity contribution in [2.45, 2.75) is 6.04 Å². The highest BCUT2D eigenvalue weighted by Gasteiger charge is 2.30. The Balaban J connectivity index is 2.07. The summed E-state index contributed by atoms with van der Waals surface area (Å²) in [6.45, 7) is 0.170. The quantitative estimate of drug-likeness (QED) is 0.845. The van der Waals surface area contributed by atoms with E-state index in [0.717, 1.165) is 15.6 Å². The van der Waals surface area contributed by atoms with Crippen LogP contribution >= 0.6 is 11.3 Å². The Kier molecular flexibility index (Phi) is 2.25. The first-order chi connectivity index (χ1) is 7.66. The van der Waals surface area contributed by atoms with E-state index in [0.29, 0.717) is 0 Å². The van der Waals surface area contributed by atoms with E-state index in [4.69, 9.17) is 4.18 Å². The number of nitrogens with one attached hydrogen (secondary N) is 1. The normalized spacial score (nSPS) is 23.9. The van der Waals surface area contributed by atoms with Crippen molar-refractivity contribution in [3.05, 3.63) is 35.2 Å². The standard InChI is InChI=1S/C10H9NO3S2/c12-16(13)11-9(5-14-16)8-6-15-10-4-2-1-3-7(8)10/h1-4,6,9,11H,5H2/t9-/m0/s1. The Morgan fingerprint density at radius 2 is 2.19 bits per heavy atom. The monoisotopic (exact) mass is 255 g/mol. The number of fused-ring (bicyclic) bond motifs is 1. The molecule has 0 bridgehead atoms. The molecule has 1 aliphatic rings. The SMILES string of the molecule is O=S1(=O)N[C@H](c2csc3ccccc23)CO1. The molecular formula is C10H9NO3S2. The maximum Gasteiger partial charge on any atom is 0.336 e. The van der Waals surface area contributed by atoms with E-state index in [9.17, 15) is 8.42 Å². The first kappa shape index (κ1) is 10.2. The Morgan fingerprint density at radius 3 is 2.94 bits per heavy atom. The van der Waals surface area contributed by atoms with Gasteiger partial charge in [0.1, 0.15) is 0 Å². The molecular weight excluding hydrogens is 246 g/mol. The summed E-state index contributed by atoms with van der Waals surface area (Å²) in [6.07, 6.45) is 0. The van der Waals surface area contributed by atoms with Gasteiger partial charge in [-0.25, -0.2) is 0 Å². The van der Waals surface area contributed by atoms with Crippen molar-refractivity contribution in [3.63, 3.8) is 0 Å². The molecule has 0 amide bonds. The second-order valence-corrected chi connectivity index (χ2v) is 5.89. The summed E-state index contributed by atoms with van der Waals surface area (Å²) < 4.78 is 30.6. The Hall–Kier alpha value is -0.950. The summed E-state index contributed by atoms with van der Waals surface area (Å²) in [7, 11) is -3.54. The second-order valence-electron chi connectivity index (χ2n) is 3.60. The molecule has 0 spiro atoms. The third-order valence-corrected chi connectivity index (χ3v) is 4.56. The molecule has 0 saturated carbocycles. The van der Waals surface area contributed by atoms with Crippen LogP contribution in [0.4, 0.5) is 0 Å². The van der Waals surface area contributed by atoms with Gasteiger partial charge in [0.05, 0.1) is 12.6 Å². The number of thiophene rings is 1. The van der Waals surface area contributed by atoms with Gasteiger partial charge >= 0.3 is 10.3 Å². The Morgan fingerprint density at radius 1 is 1.38 bits per heavy atom. The first-order valence-corrected chi connectivity index (χ1v) is 7.07. The molecule has 0 unspecified atom stereocenters. The van der Waals surface area contributed by atoms with E-state index in [1.807, 2.05) is 29.6 Å². The van der Waals surface area contributed by atoms with E-state index in [1.165, 1.54) is 0 Å². The van der Waals surface area contributed by atoms with E-state index in [-0.39, 0.29) is 12.6 Å². The molecule has 1 atom stereocenters. The summed E-state index contributed by atoms with van der Waals surface area (Å²) in [5, 5.41) is 3.07. The third-order valence-electron chi connectivity index (χ3n) is 2.56.